The fourth-order valence-corrected chi connectivity index (χ4v) is 5.67. The second kappa shape index (κ2) is 9.90. The smallest absolute Gasteiger partial charge is 0.341 e. The highest BCUT2D eigenvalue weighted by atomic mass is 35.5. The van der Waals surface area contributed by atoms with E-state index in [0.29, 0.717) is 49.8 Å². The quantitative estimate of drug-likeness (QED) is 0.349. The molecule has 31 heavy (non-hydrogen) atoms. The lowest BCUT2D eigenvalue weighted by Crippen LogP contribution is -2.30. The molecule has 7 nitrogen and oxygen atoms in total. The van der Waals surface area contributed by atoms with Gasteiger partial charge in [0, 0.05) is 13.1 Å². The summed E-state index contributed by atoms with van der Waals surface area (Å²) in [6, 6.07) is 5.55. The summed E-state index contributed by atoms with van der Waals surface area (Å²) in [5, 5.41) is 7.85. The Kier molecular flexibility index (Phi) is 7.47. The number of nitrogens with zero attached hydrogens (tertiary/aromatic N) is 2. The predicted molar refractivity (Wildman–Crippen MR) is 132 cm³/mol. The van der Waals surface area contributed by atoms with Crippen molar-refractivity contribution in [3.05, 3.63) is 39.2 Å². The molecule has 2 aromatic heterocycles. The van der Waals surface area contributed by atoms with E-state index in [1.54, 1.807) is 17.9 Å². The molecule has 3 rings (SSSR count). The average Bonchev–Trinajstić information content (AvgIpc) is 3.29. The van der Waals surface area contributed by atoms with Gasteiger partial charge < -0.3 is 20.3 Å². The maximum atomic E-state index is 12.9. The third-order valence-corrected chi connectivity index (χ3v) is 7.24. The maximum absolute atomic E-state index is 12.9. The molecular weight excluding hydrogens is 476 g/mol. The van der Waals surface area contributed by atoms with Gasteiger partial charge in [-0.3, -0.25) is 4.79 Å². The first kappa shape index (κ1) is 23.4. The van der Waals surface area contributed by atoms with Crippen LogP contribution in [0.1, 0.15) is 39.4 Å². The Morgan fingerprint density at radius 3 is 2.55 bits per heavy atom. The fourth-order valence-electron chi connectivity index (χ4n) is 3.01. The van der Waals surface area contributed by atoms with Gasteiger partial charge in [0.05, 0.1) is 27.3 Å². The molecule has 11 heteroatoms. The van der Waals surface area contributed by atoms with Crippen molar-refractivity contribution in [3.8, 4) is 0 Å². The van der Waals surface area contributed by atoms with E-state index >= 15 is 0 Å². The molecule has 2 heterocycles. The van der Waals surface area contributed by atoms with Crippen LogP contribution in [0.25, 0.3) is 10.2 Å². The van der Waals surface area contributed by atoms with Crippen LogP contribution in [0.4, 0.5) is 10.1 Å². The molecule has 0 unspecified atom stereocenters. The lowest BCUT2D eigenvalue weighted by atomic mass is 10.1. The molecule has 0 aliphatic carbocycles. The first-order valence-electron chi connectivity index (χ1n) is 9.44. The van der Waals surface area contributed by atoms with Gasteiger partial charge in [0.15, 0.2) is 10.2 Å². The van der Waals surface area contributed by atoms with Crippen LogP contribution in [0.2, 0.25) is 5.02 Å². The monoisotopic (exact) mass is 496 g/mol. The summed E-state index contributed by atoms with van der Waals surface area (Å²) in [7, 11) is 1.30. The number of esters is 1. The van der Waals surface area contributed by atoms with Crippen molar-refractivity contribution in [3.63, 3.8) is 0 Å². The van der Waals surface area contributed by atoms with E-state index in [-0.39, 0.29) is 11.0 Å². The van der Waals surface area contributed by atoms with Gasteiger partial charge in [-0.2, -0.15) is 0 Å². The average molecular weight is 497 g/mol. The molecular formula is C20H21ClN4O3S3. The molecule has 0 aliphatic rings. The van der Waals surface area contributed by atoms with Crippen molar-refractivity contribution in [1.82, 2.24) is 9.88 Å². The van der Waals surface area contributed by atoms with E-state index in [1.165, 1.54) is 29.8 Å². The molecule has 1 aromatic carbocycles. The van der Waals surface area contributed by atoms with Crippen LogP contribution < -0.4 is 10.6 Å². The highest BCUT2D eigenvalue weighted by molar-refractivity contribution is 7.80. The van der Waals surface area contributed by atoms with Crippen molar-refractivity contribution < 1.29 is 14.3 Å². The normalized spacial score (nSPS) is 10.7. The number of thiophene rings is 1. The van der Waals surface area contributed by atoms with Crippen LogP contribution in [-0.2, 0) is 4.74 Å². The largest absolute Gasteiger partial charge is 0.465 e. The molecule has 3 aromatic rings. The van der Waals surface area contributed by atoms with Gasteiger partial charge in [0.1, 0.15) is 10.5 Å². The second-order valence-electron chi connectivity index (χ2n) is 6.41. The highest BCUT2D eigenvalue weighted by Gasteiger charge is 2.27. The molecule has 1 amide bonds. The Bertz CT molecular complexity index is 1150. The summed E-state index contributed by atoms with van der Waals surface area (Å²) in [4.78, 5) is 32.0. The molecule has 0 saturated heterocycles. The third-order valence-electron chi connectivity index (χ3n) is 4.60. The van der Waals surface area contributed by atoms with Crippen LogP contribution in [0.3, 0.4) is 0 Å². The number of para-hydroxylation sites is 1. The van der Waals surface area contributed by atoms with Gasteiger partial charge in [0.25, 0.3) is 5.91 Å². The number of carbonyl (C=O) groups excluding carboxylic acids is 2. The zero-order chi connectivity index (χ0) is 22.7. The minimum atomic E-state index is -0.538. The van der Waals surface area contributed by atoms with Crippen molar-refractivity contribution in [1.29, 1.82) is 0 Å². The number of fused-ring (bicyclic) bond motifs is 1. The summed E-state index contributed by atoms with van der Waals surface area (Å²) in [6.07, 6.45) is 0. The Hall–Kier alpha value is -2.27. The minimum Gasteiger partial charge on any atom is -0.465 e. The number of hydrogen-bond acceptors (Lipinski definition) is 7. The van der Waals surface area contributed by atoms with Crippen LogP contribution >= 0.6 is 46.5 Å². The number of nitrogens with one attached hydrogen (secondary N) is 2. The van der Waals surface area contributed by atoms with Crippen LogP contribution in [0.5, 0.6) is 0 Å². The number of carbonyl (C=O) groups is 2. The number of rotatable bonds is 6. The van der Waals surface area contributed by atoms with Crippen molar-refractivity contribution >= 4 is 83.8 Å². The number of anilines is 2. The van der Waals surface area contributed by atoms with Gasteiger partial charge in [-0.05, 0) is 50.7 Å². The van der Waals surface area contributed by atoms with Crippen molar-refractivity contribution in [2.24, 2.45) is 0 Å². The lowest BCUT2D eigenvalue weighted by molar-refractivity contribution is 0.0601. The van der Waals surface area contributed by atoms with Crippen LogP contribution in [0, 0.1) is 6.92 Å². The first-order valence-corrected chi connectivity index (χ1v) is 11.9. The molecule has 0 aliphatic heterocycles. The molecule has 0 radical (unpaired) electrons. The van der Waals surface area contributed by atoms with E-state index in [0.717, 1.165) is 4.70 Å². The van der Waals surface area contributed by atoms with E-state index in [4.69, 9.17) is 28.6 Å². The van der Waals surface area contributed by atoms with Gasteiger partial charge in [-0.1, -0.05) is 29.0 Å². The second-order valence-corrected chi connectivity index (χ2v) is 9.28. The lowest BCUT2D eigenvalue weighted by Gasteiger charge is -2.17. The molecule has 0 saturated carbocycles. The van der Waals surface area contributed by atoms with Crippen LogP contribution in [0.15, 0.2) is 18.2 Å². The number of benzene rings is 1. The molecule has 2 N–H and O–H groups in total. The first-order chi connectivity index (χ1) is 14.8. The summed E-state index contributed by atoms with van der Waals surface area (Å²) in [5.41, 5.74) is 1.54. The molecule has 0 fully saturated rings. The van der Waals surface area contributed by atoms with Gasteiger partial charge >= 0.3 is 5.97 Å². The van der Waals surface area contributed by atoms with E-state index in [9.17, 15) is 9.59 Å². The van der Waals surface area contributed by atoms with Gasteiger partial charge in [-0.15, -0.1) is 11.3 Å². The third kappa shape index (κ3) is 4.82. The number of hydrogen-bond donors (Lipinski definition) is 2. The standard InChI is InChI=1S/C20H21ClN4O3S3/c1-5-25(6-2)17(26)15-10(3)13(18(27)28-4)16(31-15)23-19(29)24-20-22-14-11(21)8-7-9-12(14)30-20/h7-9H,5-6H2,1-4H3,(H2,22,23,24,29). The Balaban J connectivity index is 1.89. The van der Waals surface area contributed by atoms with Crippen molar-refractivity contribution in [2.45, 2.75) is 20.8 Å². The number of thiocarbonyl (C=S) groups is 1. The van der Waals surface area contributed by atoms with E-state index < -0.39 is 5.97 Å². The Morgan fingerprint density at radius 1 is 1.23 bits per heavy atom. The van der Waals surface area contributed by atoms with Gasteiger partial charge in [0.2, 0.25) is 0 Å². The van der Waals surface area contributed by atoms with E-state index in [1.807, 2.05) is 26.0 Å². The number of thiazole rings is 1. The minimum absolute atomic E-state index is 0.134. The number of amides is 1. The number of halogens is 1. The Labute approximate surface area is 198 Å². The summed E-state index contributed by atoms with van der Waals surface area (Å²) >= 11 is 14.2. The highest BCUT2D eigenvalue weighted by Crippen LogP contribution is 2.35. The predicted octanol–water partition coefficient (Wildman–Crippen LogP) is 5.40. The topological polar surface area (TPSA) is 83.6 Å². The zero-order valence-electron chi connectivity index (χ0n) is 17.4. The van der Waals surface area contributed by atoms with E-state index in [2.05, 4.69) is 15.6 Å². The number of aromatic nitrogens is 1. The maximum Gasteiger partial charge on any atom is 0.341 e. The molecule has 0 spiro atoms. The number of methoxy groups -OCH3 is 1. The summed E-state index contributed by atoms with van der Waals surface area (Å²) < 4.78 is 5.85. The SMILES string of the molecule is CCN(CC)C(=O)c1sc(NC(=S)Nc2nc3c(Cl)cccc3s2)c(C(=O)OC)c1C. The molecule has 0 bridgehead atoms. The molecule has 164 valence electrons. The zero-order valence-corrected chi connectivity index (χ0v) is 20.6. The fraction of sp³-hybridized carbons (Fsp3) is 0.300. The van der Waals surface area contributed by atoms with Gasteiger partial charge in [-0.25, -0.2) is 9.78 Å². The molecule has 0 atom stereocenters. The van der Waals surface area contributed by atoms with Crippen molar-refractivity contribution in [2.75, 3.05) is 30.8 Å². The number of ether oxygens (including phenoxy) is 1. The summed E-state index contributed by atoms with van der Waals surface area (Å²) in [6.45, 7) is 6.70. The summed E-state index contributed by atoms with van der Waals surface area (Å²) in [5.74, 6) is -0.671. The van der Waals surface area contributed by atoms with Crippen LogP contribution in [-0.4, -0.2) is 47.1 Å². The Morgan fingerprint density at radius 2 is 1.94 bits per heavy atom.